The molecule has 0 spiro atoms. The third kappa shape index (κ3) is 3.99. The number of carbonyl (C=O) groups is 1. The number of esters is 1. The van der Waals surface area contributed by atoms with Gasteiger partial charge in [0.15, 0.2) is 0 Å². The molecule has 1 N–H and O–H groups in total. The van der Waals surface area contributed by atoms with E-state index in [2.05, 4.69) is 12.2 Å². The molecule has 5 heteroatoms. The summed E-state index contributed by atoms with van der Waals surface area (Å²) in [6, 6.07) is 5.75. The van der Waals surface area contributed by atoms with Crippen molar-refractivity contribution < 1.29 is 9.53 Å². The smallest absolute Gasteiger partial charge is 0.326 e. The summed E-state index contributed by atoms with van der Waals surface area (Å²) in [5.74, 6) is -0.239. The SMILES string of the molecule is CCNCc1cn(CC(=O)OC(C)C)c2cc(Cl)ccc12. The second-order valence-corrected chi connectivity index (χ2v) is 5.70. The summed E-state index contributed by atoms with van der Waals surface area (Å²) in [4.78, 5) is 11.9. The standard InChI is InChI=1S/C16H21ClN2O2/c1-4-18-8-12-9-19(10-16(20)21-11(2)3)15-7-13(17)5-6-14(12)15/h5-7,9,11,18H,4,8,10H2,1-3H3. The molecular formula is C16H21ClN2O2. The molecule has 1 heterocycles. The van der Waals surface area contributed by atoms with Crippen LogP contribution < -0.4 is 5.32 Å². The van der Waals surface area contributed by atoms with Crippen LogP contribution in [0.5, 0.6) is 0 Å². The van der Waals surface area contributed by atoms with Gasteiger partial charge in [0.25, 0.3) is 0 Å². The molecule has 4 nitrogen and oxygen atoms in total. The highest BCUT2D eigenvalue weighted by Gasteiger charge is 2.13. The van der Waals surface area contributed by atoms with Crippen LogP contribution in [0.2, 0.25) is 5.02 Å². The third-order valence-electron chi connectivity index (χ3n) is 3.16. The van der Waals surface area contributed by atoms with Gasteiger partial charge in [-0.2, -0.15) is 0 Å². The summed E-state index contributed by atoms with van der Waals surface area (Å²) < 4.78 is 7.12. The maximum Gasteiger partial charge on any atom is 0.326 e. The van der Waals surface area contributed by atoms with Crippen LogP contribution >= 0.6 is 11.6 Å². The number of nitrogens with one attached hydrogen (secondary N) is 1. The second kappa shape index (κ2) is 6.96. The highest BCUT2D eigenvalue weighted by molar-refractivity contribution is 6.31. The molecule has 0 radical (unpaired) electrons. The Balaban J connectivity index is 2.33. The van der Waals surface area contributed by atoms with Gasteiger partial charge < -0.3 is 14.6 Å². The number of ether oxygens (including phenoxy) is 1. The predicted molar refractivity (Wildman–Crippen MR) is 85.6 cm³/mol. The van der Waals surface area contributed by atoms with E-state index in [0.29, 0.717) is 5.02 Å². The Kier molecular flexibility index (Phi) is 5.26. The number of halogens is 1. The normalized spacial score (nSPS) is 11.3. The number of hydrogen-bond donors (Lipinski definition) is 1. The van der Waals surface area contributed by atoms with Crippen molar-refractivity contribution in [2.24, 2.45) is 0 Å². The molecule has 0 saturated carbocycles. The number of rotatable bonds is 6. The lowest BCUT2D eigenvalue weighted by molar-refractivity contribution is -0.148. The number of aromatic nitrogens is 1. The summed E-state index contributed by atoms with van der Waals surface area (Å²) in [5, 5.41) is 5.08. The van der Waals surface area contributed by atoms with Gasteiger partial charge >= 0.3 is 5.97 Å². The minimum Gasteiger partial charge on any atom is -0.462 e. The topological polar surface area (TPSA) is 43.3 Å². The van der Waals surface area contributed by atoms with E-state index in [9.17, 15) is 4.79 Å². The highest BCUT2D eigenvalue weighted by atomic mass is 35.5. The lowest BCUT2D eigenvalue weighted by Crippen LogP contribution is -2.17. The average Bonchev–Trinajstić information content (AvgIpc) is 2.73. The monoisotopic (exact) mass is 308 g/mol. The van der Waals surface area contributed by atoms with Crippen molar-refractivity contribution >= 4 is 28.5 Å². The van der Waals surface area contributed by atoms with Crippen molar-refractivity contribution in [2.75, 3.05) is 6.54 Å². The van der Waals surface area contributed by atoms with Crippen LogP contribution in [0.15, 0.2) is 24.4 Å². The quantitative estimate of drug-likeness (QED) is 0.832. The van der Waals surface area contributed by atoms with Gasteiger partial charge in [0.05, 0.1) is 11.6 Å². The molecule has 2 rings (SSSR count). The maximum absolute atomic E-state index is 11.9. The van der Waals surface area contributed by atoms with Crippen molar-refractivity contribution in [3.63, 3.8) is 0 Å². The summed E-state index contributed by atoms with van der Waals surface area (Å²) in [7, 11) is 0. The second-order valence-electron chi connectivity index (χ2n) is 5.26. The fourth-order valence-electron chi connectivity index (χ4n) is 2.31. The summed E-state index contributed by atoms with van der Waals surface area (Å²) in [6.07, 6.45) is 1.88. The van der Waals surface area contributed by atoms with Crippen LogP contribution in [0, 0.1) is 0 Å². The van der Waals surface area contributed by atoms with Gasteiger partial charge in [0.1, 0.15) is 6.54 Å². The van der Waals surface area contributed by atoms with Gasteiger partial charge in [-0.3, -0.25) is 4.79 Å². The van der Waals surface area contributed by atoms with Crippen molar-refractivity contribution in [3.8, 4) is 0 Å². The molecule has 1 aromatic heterocycles. The zero-order valence-electron chi connectivity index (χ0n) is 12.6. The molecule has 0 fully saturated rings. The fraction of sp³-hybridized carbons (Fsp3) is 0.438. The molecule has 114 valence electrons. The first-order valence-corrected chi connectivity index (χ1v) is 7.56. The van der Waals surface area contributed by atoms with Crippen LogP contribution in [-0.4, -0.2) is 23.2 Å². The van der Waals surface area contributed by atoms with E-state index in [-0.39, 0.29) is 18.6 Å². The van der Waals surface area contributed by atoms with Crippen molar-refractivity contribution in [3.05, 3.63) is 35.0 Å². The summed E-state index contributed by atoms with van der Waals surface area (Å²) in [5.41, 5.74) is 2.11. The van der Waals surface area contributed by atoms with Crippen LogP contribution in [0.25, 0.3) is 10.9 Å². The molecule has 0 aliphatic rings. The van der Waals surface area contributed by atoms with E-state index in [4.69, 9.17) is 16.3 Å². The van der Waals surface area contributed by atoms with Crippen LogP contribution in [0.1, 0.15) is 26.3 Å². The number of carbonyl (C=O) groups excluding carboxylic acids is 1. The molecule has 0 atom stereocenters. The first-order chi connectivity index (χ1) is 10.0. The van der Waals surface area contributed by atoms with Gasteiger partial charge in [-0.15, -0.1) is 0 Å². The zero-order chi connectivity index (χ0) is 15.4. The van der Waals surface area contributed by atoms with E-state index in [0.717, 1.165) is 29.6 Å². The van der Waals surface area contributed by atoms with Gasteiger partial charge in [-0.25, -0.2) is 0 Å². The molecule has 0 aliphatic heterocycles. The number of nitrogens with zero attached hydrogens (tertiary/aromatic N) is 1. The largest absolute Gasteiger partial charge is 0.462 e. The van der Waals surface area contributed by atoms with Gasteiger partial charge in [0.2, 0.25) is 0 Å². The molecule has 1 aromatic carbocycles. The van der Waals surface area contributed by atoms with E-state index in [1.54, 1.807) is 0 Å². The fourth-order valence-corrected chi connectivity index (χ4v) is 2.48. The molecule has 0 unspecified atom stereocenters. The molecule has 0 saturated heterocycles. The predicted octanol–water partition coefficient (Wildman–Crippen LogP) is 3.36. The van der Waals surface area contributed by atoms with Gasteiger partial charge in [0, 0.05) is 23.2 Å². The van der Waals surface area contributed by atoms with Crippen LogP contribution in [-0.2, 0) is 22.6 Å². The minimum atomic E-state index is -0.239. The van der Waals surface area contributed by atoms with Crippen molar-refractivity contribution in [1.82, 2.24) is 9.88 Å². The van der Waals surface area contributed by atoms with E-state index < -0.39 is 0 Å². The molecule has 0 aliphatic carbocycles. The number of hydrogen-bond acceptors (Lipinski definition) is 3. The Hall–Kier alpha value is -1.52. The average molecular weight is 309 g/mol. The van der Waals surface area contributed by atoms with Crippen molar-refractivity contribution in [1.29, 1.82) is 0 Å². The Morgan fingerprint density at radius 3 is 2.86 bits per heavy atom. The highest BCUT2D eigenvalue weighted by Crippen LogP contribution is 2.25. The Morgan fingerprint density at radius 2 is 2.19 bits per heavy atom. The van der Waals surface area contributed by atoms with E-state index in [1.165, 1.54) is 0 Å². The lowest BCUT2D eigenvalue weighted by atomic mass is 10.2. The van der Waals surface area contributed by atoms with Crippen molar-refractivity contribution in [2.45, 2.75) is 40.0 Å². The summed E-state index contributed by atoms with van der Waals surface area (Å²) in [6.45, 7) is 7.62. The summed E-state index contributed by atoms with van der Waals surface area (Å²) >= 11 is 6.08. The van der Waals surface area contributed by atoms with Gasteiger partial charge in [-0.1, -0.05) is 24.6 Å². The van der Waals surface area contributed by atoms with E-state index >= 15 is 0 Å². The zero-order valence-corrected chi connectivity index (χ0v) is 13.4. The molecular weight excluding hydrogens is 288 g/mol. The molecule has 0 amide bonds. The first-order valence-electron chi connectivity index (χ1n) is 7.18. The lowest BCUT2D eigenvalue weighted by Gasteiger charge is -2.09. The van der Waals surface area contributed by atoms with Crippen LogP contribution in [0.3, 0.4) is 0 Å². The Labute approximate surface area is 130 Å². The Bertz CT molecular complexity index is 634. The first kappa shape index (κ1) is 15.9. The Morgan fingerprint density at radius 1 is 1.43 bits per heavy atom. The molecule has 0 bridgehead atoms. The number of benzene rings is 1. The maximum atomic E-state index is 11.9. The van der Waals surface area contributed by atoms with Gasteiger partial charge in [-0.05, 0) is 38.1 Å². The van der Waals surface area contributed by atoms with Crippen LogP contribution in [0.4, 0.5) is 0 Å². The molecule has 21 heavy (non-hydrogen) atoms. The molecule has 2 aromatic rings. The van der Waals surface area contributed by atoms with E-state index in [1.807, 2.05) is 42.8 Å². The minimum absolute atomic E-state index is 0.107. The third-order valence-corrected chi connectivity index (χ3v) is 3.39. The number of fused-ring (bicyclic) bond motifs is 1.